The molecule has 1 aliphatic rings. The number of pyridine rings is 1. The predicted octanol–water partition coefficient (Wildman–Crippen LogP) is 2.86. The average Bonchev–Trinajstić information content (AvgIpc) is 2.96. The lowest BCUT2D eigenvalue weighted by atomic mass is 9.87. The summed E-state index contributed by atoms with van der Waals surface area (Å²) in [5.41, 5.74) is 2.42. The van der Waals surface area contributed by atoms with Crippen LogP contribution in [0.15, 0.2) is 36.8 Å². The third kappa shape index (κ3) is 3.30. The van der Waals surface area contributed by atoms with Crippen molar-refractivity contribution in [3.63, 3.8) is 0 Å². The van der Waals surface area contributed by atoms with E-state index in [0.717, 1.165) is 30.0 Å². The highest BCUT2D eigenvalue weighted by Crippen LogP contribution is 2.33. The van der Waals surface area contributed by atoms with E-state index in [0.29, 0.717) is 18.2 Å². The van der Waals surface area contributed by atoms with Crippen LogP contribution in [-0.2, 0) is 13.0 Å². The Morgan fingerprint density at radius 1 is 1.21 bits per heavy atom. The molecule has 0 amide bonds. The van der Waals surface area contributed by atoms with E-state index >= 15 is 0 Å². The molecule has 0 spiro atoms. The Morgan fingerprint density at radius 3 is 2.71 bits per heavy atom. The van der Waals surface area contributed by atoms with E-state index in [2.05, 4.69) is 38.8 Å². The number of hydrogen-bond donors (Lipinski definition) is 0. The van der Waals surface area contributed by atoms with Crippen LogP contribution >= 0.6 is 0 Å². The Kier molecular flexibility index (Phi) is 4.29. The second kappa shape index (κ2) is 6.66. The van der Waals surface area contributed by atoms with Crippen LogP contribution in [0.25, 0.3) is 5.82 Å². The van der Waals surface area contributed by atoms with Crippen LogP contribution in [0.1, 0.15) is 30.8 Å². The van der Waals surface area contributed by atoms with E-state index in [9.17, 15) is 10.1 Å². The minimum absolute atomic E-state index is 0.0681. The summed E-state index contributed by atoms with van der Waals surface area (Å²) in [5, 5.41) is 15.6. The summed E-state index contributed by atoms with van der Waals surface area (Å²) in [6.07, 6.45) is 5.72. The van der Waals surface area contributed by atoms with Gasteiger partial charge in [0.15, 0.2) is 5.82 Å². The van der Waals surface area contributed by atoms with Gasteiger partial charge in [0.05, 0.1) is 16.8 Å². The molecule has 0 fully saturated rings. The van der Waals surface area contributed by atoms with Gasteiger partial charge in [-0.25, -0.2) is 19.6 Å². The molecule has 28 heavy (non-hydrogen) atoms. The summed E-state index contributed by atoms with van der Waals surface area (Å²) in [5.74, 6) is 1.28. The first-order valence-corrected chi connectivity index (χ1v) is 9.04. The van der Waals surface area contributed by atoms with Crippen LogP contribution in [-0.4, -0.2) is 36.2 Å². The number of anilines is 1. The number of fused-ring (bicyclic) bond motifs is 1. The molecule has 0 saturated carbocycles. The van der Waals surface area contributed by atoms with Gasteiger partial charge < -0.3 is 4.90 Å². The number of nitrogens with zero attached hydrogens (tertiary/aromatic N) is 7. The highest BCUT2D eigenvalue weighted by Gasteiger charge is 2.32. The maximum atomic E-state index is 11.1. The van der Waals surface area contributed by atoms with Crippen LogP contribution in [0.4, 0.5) is 11.6 Å². The van der Waals surface area contributed by atoms with Gasteiger partial charge in [0.25, 0.3) is 0 Å². The number of aromatic nitrogens is 5. The minimum Gasteiger partial charge on any atom is -0.336 e. The molecule has 0 radical (unpaired) electrons. The summed E-state index contributed by atoms with van der Waals surface area (Å²) in [6.45, 7) is 7.31. The summed E-state index contributed by atoms with van der Waals surface area (Å²) in [6, 6.07) is 5.76. The molecule has 1 aliphatic heterocycles. The normalized spacial score (nSPS) is 15.8. The lowest BCUT2D eigenvalue weighted by molar-refractivity contribution is -0.386. The molecule has 4 rings (SSSR count). The average molecular weight is 379 g/mol. The van der Waals surface area contributed by atoms with Crippen molar-refractivity contribution in [3.8, 4) is 5.82 Å². The smallest absolute Gasteiger partial charge is 0.308 e. The SMILES string of the molecule is Cc1nc(N2Cc3cnn(-c4ccccn4)c3CC(C)(C)C2)ncc1[N+](=O)[O-]. The first-order valence-electron chi connectivity index (χ1n) is 9.04. The molecule has 0 aliphatic carbocycles. The molecule has 3 aromatic rings. The highest BCUT2D eigenvalue weighted by molar-refractivity contribution is 5.42. The zero-order valence-electron chi connectivity index (χ0n) is 16.0. The van der Waals surface area contributed by atoms with Crippen molar-refractivity contribution in [1.82, 2.24) is 24.7 Å². The molecule has 144 valence electrons. The summed E-state index contributed by atoms with van der Waals surface area (Å²) < 4.78 is 1.89. The number of hydrogen-bond acceptors (Lipinski definition) is 7. The molecule has 0 N–H and O–H groups in total. The molecular formula is C19H21N7O2. The zero-order chi connectivity index (χ0) is 19.9. The third-order valence-corrected chi connectivity index (χ3v) is 4.87. The van der Waals surface area contributed by atoms with E-state index in [-0.39, 0.29) is 11.1 Å². The molecule has 0 bridgehead atoms. The standard InChI is InChI=1S/C19H21N7O2/c1-13-16(26(27)28)10-21-18(23-13)24-11-14-9-22-25(17-6-4-5-7-20-17)15(14)8-19(2,3)12-24/h4-7,9-10H,8,11-12H2,1-3H3. The third-order valence-electron chi connectivity index (χ3n) is 4.87. The molecule has 0 atom stereocenters. The summed E-state index contributed by atoms with van der Waals surface area (Å²) in [7, 11) is 0. The number of rotatable bonds is 3. The van der Waals surface area contributed by atoms with Gasteiger partial charge in [-0.3, -0.25) is 10.1 Å². The summed E-state index contributed by atoms with van der Waals surface area (Å²) in [4.78, 5) is 25.7. The second-order valence-electron chi connectivity index (χ2n) is 7.81. The van der Waals surface area contributed by atoms with Gasteiger partial charge in [0.1, 0.15) is 11.9 Å². The van der Waals surface area contributed by atoms with Crippen LogP contribution in [0.3, 0.4) is 0 Å². The van der Waals surface area contributed by atoms with Crippen molar-refractivity contribution < 1.29 is 4.92 Å². The Hall–Kier alpha value is -3.36. The van der Waals surface area contributed by atoms with Crippen LogP contribution in [0.2, 0.25) is 0 Å². The van der Waals surface area contributed by atoms with Crippen molar-refractivity contribution in [2.24, 2.45) is 5.41 Å². The fourth-order valence-corrected chi connectivity index (χ4v) is 3.61. The van der Waals surface area contributed by atoms with Crippen LogP contribution in [0.5, 0.6) is 0 Å². The van der Waals surface area contributed by atoms with Crippen molar-refractivity contribution >= 4 is 11.6 Å². The van der Waals surface area contributed by atoms with Gasteiger partial charge in [0, 0.05) is 24.8 Å². The maximum Gasteiger partial charge on any atom is 0.308 e. The van der Waals surface area contributed by atoms with E-state index in [1.165, 1.54) is 6.20 Å². The largest absolute Gasteiger partial charge is 0.336 e. The molecular weight excluding hydrogens is 358 g/mol. The molecule has 3 aromatic heterocycles. The summed E-state index contributed by atoms with van der Waals surface area (Å²) >= 11 is 0. The van der Waals surface area contributed by atoms with Gasteiger partial charge in [-0.2, -0.15) is 5.10 Å². The topological polar surface area (TPSA) is 103 Å². The Balaban J connectivity index is 1.73. The molecule has 9 heteroatoms. The van der Waals surface area contributed by atoms with Crippen molar-refractivity contribution in [2.75, 3.05) is 11.4 Å². The van der Waals surface area contributed by atoms with Crippen molar-refractivity contribution in [1.29, 1.82) is 0 Å². The monoisotopic (exact) mass is 379 g/mol. The zero-order valence-corrected chi connectivity index (χ0v) is 16.0. The van der Waals surface area contributed by atoms with E-state index in [1.807, 2.05) is 29.1 Å². The molecule has 9 nitrogen and oxygen atoms in total. The molecule has 4 heterocycles. The fraction of sp³-hybridized carbons (Fsp3) is 0.368. The lowest BCUT2D eigenvalue weighted by Crippen LogP contribution is -2.34. The molecule has 0 unspecified atom stereocenters. The Labute approximate surface area is 162 Å². The van der Waals surface area contributed by atoms with Gasteiger partial charge in [-0.1, -0.05) is 19.9 Å². The van der Waals surface area contributed by atoms with Gasteiger partial charge in [-0.05, 0) is 30.9 Å². The minimum atomic E-state index is -0.458. The molecule has 0 aromatic carbocycles. The lowest BCUT2D eigenvalue weighted by Gasteiger charge is -2.29. The highest BCUT2D eigenvalue weighted by atomic mass is 16.6. The first-order chi connectivity index (χ1) is 13.3. The Morgan fingerprint density at radius 2 is 2.04 bits per heavy atom. The van der Waals surface area contributed by atoms with Crippen molar-refractivity contribution in [3.05, 3.63) is 63.9 Å². The first kappa shape index (κ1) is 18.0. The van der Waals surface area contributed by atoms with Gasteiger partial charge in [-0.15, -0.1) is 0 Å². The predicted molar refractivity (Wildman–Crippen MR) is 103 cm³/mol. The van der Waals surface area contributed by atoms with Gasteiger partial charge >= 0.3 is 5.69 Å². The number of aryl methyl sites for hydroxylation is 1. The maximum absolute atomic E-state index is 11.1. The van der Waals surface area contributed by atoms with Crippen molar-refractivity contribution in [2.45, 2.75) is 33.7 Å². The van der Waals surface area contributed by atoms with E-state index in [1.54, 1.807) is 13.1 Å². The fourth-order valence-electron chi connectivity index (χ4n) is 3.61. The van der Waals surface area contributed by atoms with E-state index < -0.39 is 4.92 Å². The Bertz CT molecular complexity index is 1030. The van der Waals surface area contributed by atoms with Crippen LogP contribution < -0.4 is 4.90 Å². The quantitative estimate of drug-likeness (QED) is 0.509. The number of nitro groups is 1. The second-order valence-corrected chi connectivity index (χ2v) is 7.81. The van der Waals surface area contributed by atoms with Crippen LogP contribution in [0, 0.1) is 22.5 Å². The molecule has 0 saturated heterocycles. The van der Waals surface area contributed by atoms with Gasteiger partial charge in [0.2, 0.25) is 5.95 Å². The van der Waals surface area contributed by atoms with E-state index in [4.69, 9.17) is 0 Å².